The van der Waals surface area contributed by atoms with Crippen molar-refractivity contribution in [1.82, 2.24) is 0 Å². The first-order valence-corrected chi connectivity index (χ1v) is 4.93. The maximum Gasteiger partial charge on any atom is 0.392 e. The second kappa shape index (κ2) is 4.99. The van der Waals surface area contributed by atoms with Crippen LogP contribution < -0.4 is 4.74 Å². The van der Waals surface area contributed by atoms with E-state index in [9.17, 15) is 22.0 Å². The van der Waals surface area contributed by atoms with Gasteiger partial charge in [-0.25, -0.2) is 4.39 Å². The van der Waals surface area contributed by atoms with E-state index in [-0.39, 0.29) is 4.47 Å². The zero-order chi connectivity index (χ0) is 12.3. The summed E-state index contributed by atoms with van der Waals surface area (Å²) in [5.74, 6) is -3.03. The molecule has 0 radical (unpaired) electrons. The van der Waals surface area contributed by atoms with Crippen molar-refractivity contribution in [2.45, 2.75) is 12.6 Å². The standard InChI is InChI=1S/C9H6BrF5O/c10-5-3-6(11)8(12)7(4-5)16-2-1-9(13,14)15/h3-4H,1-2H2. The van der Waals surface area contributed by atoms with Gasteiger partial charge in [0.05, 0.1) is 13.0 Å². The van der Waals surface area contributed by atoms with E-state index in [0.29, 0.717) is 0 Å². The van der Waals surface area contributed by atoms with Crippen LogP contribution in [0.4, 0.5) is 22.0 Å². The van der Waals surface area contributed by atoms with Crippen molar-refractivity contribution < 1.29 is 26.7 Å². The van der Waals surface area contributed by atoms with Gasteiger partial charge in [-0.1, -0.05) is 15.9 Å². The average Bonchev–Trinajstić information content (AvgIpc) is 2.11. The van der Waals surface area contributed by atoms with Crippen molar-refractivity contribution >= 4 is 15.9 Å². The van der Waals surface area contributed by atoms with E-state index in [1.165, 1.54) is 0 Å². The minimum absolute atomic E-state index is 0.188. The van der Waals surface area contributed by atoms with Crippen molar-refractivity contribution in [3.8, 4) is 5.75 Å². The second-order valence-corrected chi connectivity index (χ2v) is 3.83. The van der Waals surface area contributed by atoms with Crippen LogP contribution in [0.5, 0.6) is 5.75 Å². The number of benzene rings is 1. The molecule has 0 amide bonds. The molecule has 0 atom stereocenters. The van der Waals surface area contributed by atoms with Gasteiger partial charge in [0.15, 0.2) is 11.6 Å². The summed E-state index contributed by atoms with van der Waals surface area (Å²) in [6.07, 6.45) is -5.61. The number of hydrogen-bond acceptors (Lipinski definition) is 1. The Morgan fingerprint density at radius 2 is 1.81 bits per heavy atom. The molecule has 0 bridgehead atoms. The van der Waals surface area contributed by atoms with E-state index >= 15 is 0 Å². The molecule has 16 heavy (non-hydrogen) atoms. The summed E-state index contributed by atoms with van der Waals surface area (Å²) in [6, 6.07) is 1.92. The van der Waals surface area contributed by atoms with Crippen LogP contribution in [0.3, 0.4) is 0 Å². The summed E-state index contributed by atoms with van der Waals surface area (Å²) in [6.45, 7) is -0.754. The Kier molecular flexibility index (Phi) is 4.12. The molecule has 0 N–H and O–H groups in total. The van der Waals surface area contributed by atoms with Crippen LogP contribution in [0.2, 0.25) is 0 Å². The number of hydrogen-bond donors (Lipinski definition) is 0. The van der Waals surface area contributed by atoms with Crippen LogP contribution >= 0.6 is 15.9 Å². The summed E-state index contributed by atoms with van der Waals surface area (Å²) in [5.41, 5.74) is 0. The molecule has 1 rings (SSSR count). The monoisotopic (exact) mass is 304 g/mol. The predicted octanol–water partition coefficient (Wildman–Crippen LogP) is 4.06. The van der Waals surface area contributed by atoms with Gasteiger partial charge in [0.1, 0.15) is 0 Å². The highest BCUT2D eigenvalue weighted by atomic mass is 79.9. The molecule has 0 unspecified atom stereocenters. The normalized spacial score (nSPS) is 11.6. The van der Waals surface area contributed by atoms with Gasteiger partial charge < -0.3 is 4.74 Å². The quantitative estimate of drug-likeness (QED) is 0.604. The smallest absolute Gasteiger partial charge is 0.392 e. The SMILES string of the molecule is Fc1cc(Br)cc(OCCC(F)(F)F)c1F. The van der Waals surface area contributed by atoms with E-state index in [2.05, 4.69) is 20.7 Å². The summed E-state index contributed by atoms with van der Waals surface area (Å²) < 4.78 is 65.8. The Labute approximate surface area is 96.3 Å². The molecule has 1 aromatic rings. The Morgan fingerprint density at radius 3 is 2.38 bits per heavy atom. The molecule has 1 aromatic carbocycles. The molecule has 0 aliphatic carbocycles. The fourth-order valence-corrected chi connectivity index (χ4v) is 1.32. The molecule has 0 heterocycles. The van der Waals surface area contributed by atoms with Crippen LogP contribution in [0.15, 0.2) is 16.6 Å². The highest BCUT2D eigenvalue weighted by Gasteiger charge is 2.27. The van der Waals surface area contributed by atoms with E-state index in [1.54, 1.807) is 0 Å². The van der Waals surface area contributed by atoms with Crippen molar-refractivity contribution in [3.05, 3.63) is 28.2 Å². The Hall–Kier alpha value is -0.850. The predicted molar refractivity (Wildman–Crippen MR) is 50.2 cm³/mol. The van der Waals surface area contributed by atoms with Crippen LogP contribution in [-0.2, 0) is 0 Å². The molecular weight excluding hydrogens is 299 g/mol. The largest absolute Gasteiger partial charge is 0.490 e. The van der Waals surface area contributed by atoms with Gasteiger partial charge in [0.2, 0.25) is 5.82 Å². The van der Waals surface area contributed by atoms with Crippen molar-refractivity contribution in [1.29, 1.82) is 0 Å². The zero-order valence-corrected chi connectivity index (χ0v) is 9.33. The average molecular weight is 305 g/mol. The Balaban J connectivity index is 2.67. The third-order valence-electron chi connectivity index (χ3n) is 1.60. The molecule has 7 heteroatoms. The fourth-order valence-electron chi connectivity index (χ4n) is 0.914. The molecule has 0 fully saturated rings. The molecule has 0 spiro atoms. The first kappa shape index (κ1) is 13.2. The Bertz CT molecular complexity index is 377. The van der Waals surface area contributed by atoms with E-state index in [0.717, 1.165) is 12.1 Å². The van der Waals surface area contributed by atoms with Crippen LogP contribution in [0.25, 0.3) is 0 Å². The molecule has 0 aliphatic rings. The van der Waals surface area contributed by atoms with Gasteiger partial charge in [-0.05, 0) is 12.1 Å². The number of halogens is 6. The number of alkyl halides is 3. The lowest BCUT2D eigenvalue weighted by Gasteiger charge is -2.09. The minimum atomic E-state index is -4.39. The second-order valence-electron chi connectivity index (χ2n) is 2.91. The number of ether oxygens (including phenoxy) is 1. The van der Waals surface area contributed by atoms with Gasteiger partial charge >= 0.3 is 6.18 Å². The van der Waals surface area contributed by atoms with Crippen molar-refractivity contribution in [2.24, 2.45) is 0 Å². The highest BCUT2D eigenvalue weighted by Crippen LogP contribution is 2.26. The third-order valence-corrected chi connectivity index (χ3v) is 2.06. The molecule has 90 valence electrons. The summed E-state index contributed by atoms with van der Waals surface area (Å²) in [7, 11) is 0. The maximum absolute atomic E-state index is 13.0. The molecule has 0 aliphatic heterocycles. The fraction of sp³-hybridized carbons (Fsp3) is 0.333. The van der Waals surface area contributed by atoms with E-state index < -0.39 is 36.6 Å². The number of rotatable bonds is 3. The Morgan fingerprint density at radius 1 is 1.19 bits per heavy atom. The lowest BCUT2D eigenvalue weighted by molar-refractivity contribution is -0.139. The maximum atomic E-state index is 13.0. The van der Waals surface area contributed by atoms with Gasteiger partial charge in [0.25, 0.3) is 0 Å². The first-order valence-electron chi connectivity index (χ1n) is 4.13. The topological polar surface area (TPSA) is 9.23 Å². The summed E-state index contributed by atoms with van der Waals surface area (Å²) >= 11 is 2.87. The lowest BCUT2D eigenvalue weighted by Crippen LogP contribution is -2.13. The third kappa shape index (κ3) is 3.96. The summed E-state index contributed by atoms with van der Waals surface area (Å²) in [4.78, 5) is 0. The van der Waals surface area contributed by atoms with Gasteiger partial charge in [-0.2, -0.15) is 17.6 Å². The minimum Gasteiger partial charge on any atom is -0.490 e. The molecular formula is C9H6BrF5O. The molecule has 0 saturated heterocycles. The van der Waals surface area contributed by atoms with Crippen LogP contribution in [0.1, 0.15) is 6.42 Å². The lowest BCUT2D eigenvalue weighted by atomic mass is 10.3. The van der Waals surface area contributed by atoms with Gasteiger partial charge in [-0.3, -0.25) is 0 Å². The van der Waals surface area contributed by atoms with E-state index in [1.807, 2.05) is 0 Å². The first-order chi connectivity index (χ1) is 7.29. The van der Waals surface area contributed by atoms with Gasteiger partial charge in [-0.15, -0.1) is 0 Å². The van der Waals surface area contributed by atoms with Gasteiger partial charge in [0, 0.05) is 4.47 Å². The van der Waals surface area contributed by atoms with Crippen LogP contribution in [0, 0.1) is 11.6 Å². The zero-order valence-electron chi connectivity index (χ0n) is 7.74. The molecule has 1 nitrogen and oxygen atoms in total. The molecule has 0 aromatic heterocycles. The van der Waals surface area contributed by atoms with Crippen molar-refractivity contribution in [3.63, 3.8) is 0 Å². The highest BCUT2D eigenvalue weighted by molar-refractivity contribution is 9.10. The van der Waals surface area contributed by atoms with Crippen molar-refractivity contribution in [2.75, 3.05) is 6.61 Å². The van der Waals surface area contributed by atoms with Crippen LogP contribution in [-0.4, -0.2) is 12.8 Å². The summed E-state index contributed by atoms with van der Waals surface area (Å²) in [5, 5.41) is 0. The molecule has 0 saturated carbocycles. The van der Waals surface area contributed by atoms with E-state index in [4.69, 9.17) is 0 Å².